The second-order valence-corrected chi connectivity index (χ2v) is 6.75. The van der Waals surface area contributed by atoms with Gasteiger partial charge in [-0.2, -0.15) is 13.2 Å². The van der Waals surface area contributed by atoms with Gasteiger partial charge in [-0.15, -0.1) is 0 Å². The number of halogens is 3. The fraction of sp³-hybridized carbons (Fsp3) is 1.00. The molecule has 0 amide bonds. The predicted octanol–water partition coefficient (Wildman–Crippen LogP) is 2.37. The first-order chi connectivity index (χ1) is 9.31. The number of ether oxygens (including phenoxy) is 1. The van der Waals surface area contributed by atoms with Crippen molar-refractivity contribution >= 4 is 0 Å². The molecule has 3 rings (SSSR count). The Morgan fingerprint density at radius 3 is 2.45 bits per heavy atom. The lowest BCUT2D eigenvalue weighted by atomic mass is 9.57. The molecule has 0 aromatic rings. The average molecular weight is 293 g/mol. The molecule has 2 saturated heterocycles. The van der Waals surface area contributed by atoms with Gasteiger partial charge in [-0.3, -0.25) is 0 Å². The maximum absolute atomic E-state index is 13.0. The van der Waals surface area contributed by atoms with E-state index in [0.29, 0.717) is 19.3 Å². The summed E-state index contributed by atoms with van der Waals surface area (Å²) in [5, 5.41) is 11.0. The molecule has 6 heteroatoms. The fourth-order valence-electron chi connectivity index (χ4n) is 4.68. The van der Waals surface area contributed by atoms with Crippen molar-refractivity contribution in [2.45, 2.75) is 68.9 Å². The van der Waals surface area contributed by atoms with Crippen LogP contribution in [0.15, 0.2) is 0 Å². The molecule has 2 heterocycles. The molecule has 0 radical (unpaired) electrons. The first kappa shape index (κ1) is 14.6. The quantitative estimate of drug-likeness (QED) is 0.822. The van der Waals surface area contributed by atoms with E-state index in [9.17, 15) is 18.3 Å². The second kappa shape index (κ2) is 4.58. The second-order valence-electron chi connectivity index (χ2n) is 6.75. The molecule has 2 bridgehead atoms. The van der Waals surface area contributed by atoms with E-state index in [1.54, 1.807) is 0 Å². The van der Waals surface area contributed by atoms with E-state index in [-0.39, 0.29) is 31.6 Å². The molecule has 5 atom stereocenters. The molecule has 3 aliphatic rings. The standard InChI is InChI=1S/C14H22F3NO2/c15-14(16,17)9-2-1-5-13(19,6-9)12(8-18)7-10-3-4-11(12)20-10/h9-11,19H,1-8,18H2. The Bertz CT molecular complexity index is 389. The summed E-state index contributed by atoms with van der Waals surface area (Å²) in [4.78, 5) is 0. The number of aliphatic hydroxyl groups is 1. The molecule has 20 heavy (non-hydrogen) atoms. The molecule has 0 spiro atoms. The number of fused-ring (bicyclic) bond motifs is 2. The summed E-state index contributed by atoms with van der Waals surface area (Å²) in [5.74, 6) is -1.41. The number of hydrogen-bond donors (Lipinski definition) is 2. The van der Waals surface area contributed by atoms with Crippen LogP contribution in [0.3, 0.4) is 0 Å². The van der Waals surface area contributed by atoms with Crippen molar-refractivity contribution in [2.24, 2.45) is 17.1 Å². The van der Waals surface area contributed by atoms with Crippen molar-refractivity contribution in [3.05, 3.63) is 0 Å². The van der Waals surface area contributed by atoms with E-state index >= 15 is 0 Å². The zero-order valence-electron chi connectivity index (χ0n) is 11.5. The minimum atomic E-state index is -4.23. The summed E-state index contributed by atoms with van der Waals surface area (Å²) < 4.78 is 44.8. The molecule has 1 aliphatic carbocycles. The number of hydrogen-bond acceptors (Lipinski definition) is 3. The topological polar surface area (TPSA) is 55.5 Å². The number of nitrogens with two attached hydrogens (primary N) is 1. The first-order valence-electron chi connectivity index (χ1n) is 7.45. The van der Waals surface area contributed by atoms with Crippen molar-refractivity contribution < 1.29 is 23.0 Å². The Morgan fingerprint density at radius 2 is 1.95 bits per heavy atom. The highest BCUT2D eigenvalue weighted by Gasteiger charge is 2.64. The molecule has 2 aliphatic heterocycles. The maximum atomic E-state index is 13.0. The summed E-state index contributed by atoms with van der Waals surface area (Å²) >= 11 is 0. The summed E-state index contributed by atoms with van der Waals surface area (Å²) in [7, 11) is 0. The van der Waals surface area contributed by atoms with Gasteiger partial charge in [0, 0.05) is 12.0 Å². The zero-order valence-corrected chi connectivity index (χ0v) is 11.5. The van der Waals surface area contributed by atoms with Crippen LogP contribution in [-0.4, -0.2) is 35.6 Å². The van der Waals surface area contributed by atoms with Crippen LogP contribution in [0.25, 0.3) is 0 Å². The molecule has 3 N–H and O–H groups in total. The van der Waals surface area contributed by atoms with Gasteiger partial charge in [0.05, 0.1) is 23.7 Å². The van der Waals surface area contributed by atoms with Crippen molar-refractivity contribution in [3.8, 4) is 0 Å². The van der Waals surface area contributed by atoms with Crippen LogP contribution in [0.5, 0.6) is 0 Å². The van der Waals surface area contributed by atoms with Gasteiger partial charge in [0.1, 0.15) is 0 Å². The molecule has 0 aromatic carbocycles. The van der Waals surface area contributed by atoms with Crippen LogP contribution in [0.1, 0.15) is 44.9 Å². The lowest BCUT2D eigenvalue weighted by molar-refractivity contribution is -0.221. The minimum absolute atomic E-state index is 0.0684. The Labute approximate surface area is 116 Å². The molecule has 116 valence electrons. The third-order valence-electron chi connectivity index (χ3n) is 5.80. The van der Waals surface area contributed by atoms with E-state index in [4.69, 9.17) is 10.5 Å². The van der Waals surface area contributed by atoms with E-state index in [0.717, 1.165) is 12.8 Å². The van der Waals surface area contributed by atoms with Crippen LogP contribution in [0.2, 0.25) is 0 Å². The highest BCUT2D eigenvalue weighted by molar-refractivity contribution is 5.13. The van der Waals surface area contributed by atoms with Crippen LogP contribution in [0.4, 0.5) is 13.2 Å². The Hall–Kier alpha value is -0.330. The largest absolute Gasteiger partial charge is 0.391 e. The summed E-state index contributed by atoms with van der Waals surface area (Å²) in [5.41, 5.74) is 3.89. The summed E-state index contributed by atoms with van der Waals surface area (Å²) in [6.07, 6.45) is -1.29. The van der Waals surface area contributed by atoms with Gasteiger partial charge < -0.3 is 15.6 Å². The van der Waals surface area contributed by atoms with Gasteiger partial charge >= 0.3 is 6.18 Å². The Morgan fingerprint density at radius 1 is 1.20 bits per heavy atom. The number of alkyl halides is 3. The van der Waals surface area contributed by atoms with Gasteiger partial charge in [0.2, 0.25) is 0 Å². The fourth-order valence-corrected chi connectivity index (χ4v) is 4.68. The van der Waals surface area contributed by atoms with Gasteiger partial charge in [0.25, 0.3) is 0 Å². The Balaban J connectivity index is 1.87. The third kappa shape index (κ3) is 1.99. The SMILES string of the molecule is NCC1(C2(O)CCCC(C(F)(F)F)C2)CC2CCC1O2. The molecule has 0 aromatic heterocycles. The predicted molar refractivity (Wildman–Crippen MR) is 67.0 cm³/mol. The third-order valence-corrected chi connectivity index (χ3v) is 5.80. The van der Waals surface area contributed by atoms with Crippen LogP contribution in [-0.2, 0) is 4.74 Å². The summed E-state index contributed by atoms with van der Waals surface area (Å²) in [6.45, 7) is 0.204. The molecule has 3 nitrogen and oxygen atoms in total. The first-order valence-corrected chi connectivity index (χ1v) is 7.45. The van der Waals surface area contributed by atoms with Crippen molar-refractivity contribution in [1.82, 2.24) is 0 Å². The summed E-state index contributed by atoms with van der Waals surface area (Å²) in [6, 6.07) is 0. The molecular weight excluding hydrogens is 271 g/mol. The highest BCUT2D eigenvalue weighted by atomic mass is 19.4. The van der Waals surface area contributed by atoms with Gasteiger partial charge in [-0.05, 0) is 44.9 Å². The molecule has 5 unspecified atom stereocenters. The van der Waals surface area contributed by atoms with Gasteiger partial charge in [-0.1, -0.05) is 0 Å². The smallest absolute Gasteiger partial charge is 0.389 e. The van der Waals surface area contributed by atoms with Gasteiger partial charge in [-0.25, -0.2) is 0 Å². The number of rotatable bonds is 2. The average Bonchev–Trinajstić information content (AvgIpc) is 2.98. The van der Waals surface area contributed by atoms with Crippen molar-refractivity contribution in [3.63, 3.8) is 0 Å². The molecule has 3 fully saturated rings. The monoisotopic (exact) mass is 293 g/mol. The lowest BCUT2D eigenvalue weighted by Gasteiger charge is -2.51. The van der Waals surface area contributed by atoms with E-state index in [2.05, 4.69) is 0 Å². The van der Waals surface area contributed by atoms with Crippen LogP contribution < -0.4 is 5.73 Å². The van der Waals surface area contributed by atoms with Crippen LogP contribution >= 0.6 is 0 Å². The lowest BCUT2D eigenvalue weighted by Crippen LogP contribution is -2.60. The van der Waals surface area contributed by atoms with E-state index < -0.39 is 23.1 Å². The van der Waals surface area contributed by atoms with Crippen LogP contribution in [0, 0.1) is 11.3 Å². The van der Waals surface area contributed by atoms with E-state index in [1.807, 2.05) is 0 Å². The van der Waals surface area contributed by atoms with Gasteiger partial charge in [0.15, 0.2) is 0 Å². The normalized spacial score (nSPS) is 48.8. The molecule has 1 saturated carbocycles. The Kier molecular flexibility index (Phi) is 3.34. The highest BCUT2D eigenvalue weighted by Crippen LogP contribution is 2.58. The zero-order chi connectivity index (χ0) is 14.6. The van der Waals surface area contributed by atoms with E-state index in [1.165, 1.54) is 0 Å². The maximum Gasteiger partial charge on any atom is 0.391 e. The van der Waals surface area contributed by atoms with Crippen molar-refractivity contribution in [1.29, 1.82) is 0 Å². The molecular formula is C14H22F3NO2. The van der Waals surface area contributed by atoms with Crippen molar-refractivity contribution in [2.75, 3.05) is 6.54 Å². The minimum Gasteiger partial charge on any atom is -0.389 e.